The van der Waals surface area contributed by atoms with Crippen molar-refractivity contribution < 1.29 is 4.39 Å². The summed E-state index contributed by atoms with van der Waals surface area (Å²) in [5.41, 5.74) is 5.30. The summed E-state index contributed by atoms with van der Waals surface area (Å²) < 4.78 is 16.4. The Morgan fingerprint density at radius 3 is 2.93 bits per heavy atom. The van der Waals surface area contributed by atoms with Gasteiger partial charge in [0.2, 0.25) is 0 Å². The number of pyridine rings is 1. The van der Waals surface area contributed by atoms with Crippen molar-refractivity contribution in [1.82, 2.24) is 14.5 Å². The van der Waals surface area contributed by atoms with E-state index >= 15 is 0 Å². The number of hydrogen-bond donors (Lipinski definition) is 0. The molecule has 136 valence electrons. The molecule has 1 aliphatic rings. The van der Waals surface area contributed by atoms with E-state index in [-0.39, 0.29) is 17.9 Å². The molecule has 3 heterocycles. The van der Waals surface area contributed by atoms with E-state index in [1.165, 1.54) is 16.8 Å². The first kappa shape index (κ1) is 16.5. The Hall–Kier alpha value is -3.67. The topological polar surface area (TPSA) is 60.1 Å². The number of halogens is 1. The summed E-state index contributed by atoms with van der Waals surface area (Å²) in [4.78, 5) is 24.8. The average Bonchev–Trinajstić information content (AvgIpc) is 3.20. The van der Waals surface area contributed by atoms with Crippen LogP contribution in [0.15, 0.2) is 70.8 Å². The van der Waals surface area contributed by atoms with Crippen LogP contribution in [-0.4, -0.2) is 20.7 Å². The van der Waals surface area contributed by atoms with Gasteiger partial charge in [-0.25, -0.2) is 9.37 Å². The van der Waals surface area contributed by atoms with Gasteiger partial charge in [-0.15, -0.1) is 0 Å². The van der Waals surface area contributed by atoms with Gasteiger partial charge in [0.05, 0.1) is 36.5 Å². The first-order valence-electron chi connectivity index (χ1n) is 8.91. The third-order valence-electron chi connectivity index (χ3n) is 5.02. The van der Waals surface area contributed by atoms with Crippen LogP contribution in [0.4, 0.5) is 4.39 Å². The van der Waals surface area contributed by atoms with Crippen LogP contribution in [-0.2, 0) is 13.1 Å². The highest BCUT2D eigenvalue weighted by molar-refractivity contribution is 5.94. The minimum absolute atomic E-state index is 0.115. The van der Waals surface area contributed by atoms with Crippen LogP contribution >= 0.6 is 0 Å². The summed E-state index contributed by atoms with van der Waals surface area (Å²) >= 11 is 0. The predicted molar refractivity (Wildman–Crippen MR) is 106 cm³/mol. The Morgan fingerprint density at radius 1 is 1.11 bits per heavy atom. The highest BCUT2D eigenvalue weighted by Crippen LogP contribution is 2.29. The third kappa shape index (κ3) is 2.70. The molecule has 0 fully saturated rings. The van der Waals surface area contributed by atoms with Crippen LogP contribution in [0.1, 0.15) is 16.7 Å². The molecule has 0 unspecified atom stereocenters. The summed E-state index contributed by atoms with van der Waals surface area (Å²) in [5.74, 6) is -0.356. The molecule has 0 bridgehead atoms. The molecule has 2 aromatic heterocycles. The largest absolute Gasteiger partial charge is 0.299 e. The standard InChI is InChI=1S/C22H15FN4O/c23-19-8-14(17-3-1-2-15-9-25-10-18(15)17)4-5-16(19)13-27-21-11-24-7-6-20(21)26-12-22(27)28/h1-8,10-12H,9,13H2. The monoisotopic (exact) mass is 370 g/mol. The molecule has 0 saturated heterocycles. The van der Waals surface area contributed by atoms with Gasteiger partial charge in [0.25, 0.3) is 5.56 Å². The number of aliphatic imine (C=N–C) groups is 1. The van der Waals surface area contributed by atoms with E-state index in [0.29, 0.717) is 23.1 Å². The lowest BCUT2D eigenvalue weighted by molar-refractivity contribution is 0.599. The lowest BCUT2D eigenvalue weighted by Crippen LogP contribution is -2.21. The van der Waals surface area contributed by atoms with Crippen LogP contribution < -0.4 is 5.56 Å². The minimum Gasteiger partial charge on any atom is -0.299 e. The second kappa shape index (κ2) is 6.49. The second-order valence-corrected chi connectivity index (χ2v) is 6.70. The lowest BCUT2D eigenvalue weighted by Gasteiger charge is -2.12. The van der Waals surface area contributed by atoms with Crippen LogP contribution in [0.5, 0.6) is 0 Å². The molecule has 1 aliphatic heterocycles. The van der Waals surface area contributed by atoms with Crippen molar-refractivity contribution in [1.29, 1.82) is 0 Å². The molecule has 2 aromatic carbocycles. The van der Waals surface area contributed by atoms with Crippen molar-refractivity contribution in [3.8, 4) is 11.1 Å². The van der Waals surface area contributed by atoms with Gasteiger partial charge in [-0.3, -0.25) is 19.3 Å². The maximum atomic E-state index is 14.9. The van der Waals surface area contributed by atoms with E-state index in [1.807, 2.05) is 30.5 Å². The summed E-state index contributed by atoms with van der Waals surface area (Å²) in [7, 11) is 0. The van der Waals surface area contributed by atoms with E-state index in [9.17, 15) is 9.18 Å². The quantitative estimate of drug-likeness (QED) is 0.554. The number of benzene rings is 2. The van der Waals surface area contributed by atoms with Crippen LogP contribution in [0.2, 0.25) is 0 Å². The molecule has 0 atom stereocenters. The molecule has 0 amide bonds. The van der Waals surface area contributed by atoms with Gasteiger partial charge in [0.1, 0.15) is 5.82 Å². The lowest BCUT2D eigenvalue weighted by atomic mass is 9.96. The molecular weight excluding hydrogens is 355 g/mol. The fraction of sp³-hybridized carbons (Fsp3) is 0.0909. The van der Waals surface area contributed by atoms with Gasteiger partial charge in [0, 0.05) is 23.5 Å². The van der Waals surface area contributed by atoms with E-state index in [4.69, 9.17) is 0 Å². The Balaban J connectivity index is 1.56. The number of fused-ring (bicyclic) bond motifs is 2. The molecule has 6 heteroatoms. The molecule has 0 spiro atoms. The Morgan fingerprint density at radius 2 is 2.04 bits per heavy atom. The SMILES string of the molecule is O=c1cnc2ccncc2n1Cc1ccc(-c2cccc3c2C=NC3)cc1F. The molecule has 0 aliphatic carbocycles. The number of aromatic nitrogens is 3. The van der Waals surface area contributed by atoms with Gasteiger partial charge in [-0.05, 0) is 28.8 Å². The summed E-state index contributed by atoms with van der Waals surface area (Å²) in [6, 6.07) is 12.8. The van der Waals surface area contributed by atoms with Gasteiger partial charge in [-0.1, -0.05) is 30.3 Å². The fourth-order valence-electron chi connectivity index (χ4n) is 3.58. The molecule has 0 N–H and O–H groups in total. The smallest absolute Gasteiger partial charge is 0.269 e. The minimum atomic E-state index is -0.356. The zero-order valence-electron chi connectivity index (χ0n) is 14.8. The second-order valence-electron chi connectivity index (χ2n) is 6.70. The van der Waals surface area contributed by atoms with Crippen molar-refractivity contribution >= 4 is 17.2 Å². The van der Waals surface area contributed by atoms with Gasteiger partial charge >= 0.3 is 0 Å². The summed E-state index contributed by atoms with van der Waals surface area (Å²) in [6.07, 6.45) is 6.27. The molecule has 5 nitrogen and oxygen atoms in total. The number of rotatable bonds is 3. The first-order valence-corrected chi connectivity index (χ1v) is 8.91. The normalized spacial score (nSPS) is 12.5. The van der Waals surface area contributed by atoms with Gasteiger partial charge < -0.3 is 0 Å². The van der Waals surface area contributed by atoms with Crippen molar-refractivity contribution in [2.24, 2.45) is 4.99 Å². The fourth-order valence-corrected chi connectivity index (χ4v) is 3.58. The highest BCUT2D eigenvalue weighted by Gasteiger charge is 2.14. The Bertz CT molecular complexity index is 1310. The van der Waals surface area contributed by atoms with E-state index in [0.717, 1.165) is 22.3 Å². The molecule has 5 rings (SSSR count). The number of nitrogens with zero attached hydrogens (tertiary/aromatic N) is 4. The Labute approximate surface area is 159 Å². The van der Waals surface area contributed by atoms with E-state index < -0.39 is 0 Å². The van der Waals surface area contributed by atoms with Crippen molar-refractivity contribution in [3.63, 3.8) is 0 Å². The molecule has 0 radical (unpaired) electrons. The summed E-state index contributed by atoms with van der Waals surface area (Å²) in [5, 5.41) is 0. The molecule has 4 aromatic rings. The van der Waals surface area contributed by atoms with Crippen molar-refractivity contribution in [3.05, 3.63) is 93.9 Å². The van der Waals surface area contributed by atoms with E-state index in [2.05, 4.69) is 15.0 Å². The molecule has 28 heavy (non-hydrogen) atoms. The zero-order chi connectivity index (χ0) is 19.1. The number of hydrogen-bond acceptors (Lipinski definition) is 4. The Kier molecular flexibility index (Phi) is 3.83. The van der Waals surface area contributed by atoms with Crippen molar-refractivity contribution in [2.45, 2.75) is 13.1 Å². The zero-order valence-corrected chi connectivity index (χ0v) is 14.8. The molecule has 0 saturated carbocycles. The predicted octanol–water partition coefficient (Wildman–Crippen LogP) is 3.58. The van der Waals surface area contributed by atoms with Gasteiger partial charge in [0.15, 0.2) is 0 Å². The highest BCUT2D eigenvalue weighted by atomic mass is 19.1. The van der Waals surface area contributed by atoms with Crippen LogP contribution in [0.3, 0.4) is 0 Å². The maximum absolute atomic E-state index is 14.9. The van der Waals surface area contributed by atoms with Crippen LogP contribution in [0, 0.1) is 5.82 Å². The third-order valence-corrected chi connectivity index (χ3v) is 5.02. The average molecular weight is 370 g/mol. The first-order chi connectivity index (χ1) is 13.7. The van der Waals surface area contributed by atoms with Crippen molar-refractivity contribution in [2.75, 3.05) is 0 Å². The maximum Gasteiger partial charge on any atom is 0.269 e. The molecular formula is C22H15FN4O. The van der Waals surface area contributed by atoms with Gasteiger partial charge in [-0.2, -0.15) is 0 Å². The van der Waals surface area contributed by atoms with E-state index in [1.54, 1.807) is 24.5 Å². The van der Waals surface area contributed by atoms with Crippen LogP contribution in [0.25, 0.3) is 22.2 Å². The summed E-state index contributed by atoms with van der Waals surface area (Å²) in [6.45, 7) is 0.778.